The molecule has 2 aromatic rings. The Morgan fingerprint density at radius 3 is 2.96 bits per heavy atom. The van der Waals surface area contributed by atoms with Gasteiger partial charge in [0.05, 0.1) is 19.8 Å². The average molecular weight is 312 g/mol. The highest BCUT2D eigenvalue weighted by molar-refractivity contribution is 6.02. The van der Waals surface area contributed by atoms with E-state index >= 15 is 0 Å². The van der Waals surface area contributed by atoms with Crippen LogP contribution in [0.5, 0.6) is 5.75 Å². The van der Waals surface area contributed by atoms with E-state index < -0.39 is 0 Å². The fourth-order valence-electron chi connectivity index (χ4n) is 3.19. The number of hydrogen-bond acceptors (Lipinski definition) is 3. The molecule has 5 nitrogen and oxygen atoms in total. The molecule has 1 fully saturated rings. The minimum atomic E-state index is -0.0572. The molecule has 1 heterocycles. The van der Waals surface area contributed by atoms with Crippen LogP contribution in [0, 0.1) is 0 Å². The van der Waals surface area contributed by atoms with Gasteiger partial charge in [0, 0.05) is 12.0 Å². The van der Waals surface area contributed by atoms with Crippen LogP contribution in [0.2, 0.25) is 0 Å². The van der Waals surface area contributed by atoms with Crippen LogP contribution in [0.3, 0.4) is 0 Å². The maximum absolute atomic E-state index is 12.2. The molecule has 2 aromatic carbocycles. The lowest BCUT2D eigenvalue weighted by atomic mass is 10.0. The molecular weight excluding hydrogens is 290 g/mol. The maximum Gasteiger partial charge on any atom is 0.298 e. The standard InChI is InChI=1S/C18H21N3O2/c1-21-11-5-4-8-16(21)18(23)20-19-12-15-14-7-3-2-6-13(14)9-10-17(15)22/h2-3,6-7,9-10,12,16,22H,4-5,8,11H2,1H3,(H,20,23)/p+1. The van der Waals surface area contributed by atoms with Crippen LogP contribution in [0.15, 0.2) is 41.5 Å². The minimum absolute atomic E-state index is 0.0398. The number of aromatic hydroxyl groups is 1. The van der Waals surface area contributed by atoms with Gasteiger partial charge in [-0.2, -0.15) is 5.10 Å². The van der Waals surface area contributed by atoms with Crippen molar-refractivity contribution in [2.24, 2.45) is 5.10 Å². The molecule has 0 radical (unpaired) electrons. The summed E-state index contributed by atoms with van der Waals surface area (Å²) in [6.07, 6.45) is 4.67. The molecule has 0 spiro atoms. The fourth-order valence-corrected chi connectivity index (χ4v) is 3.19. The van der Waals surface area contributed by atoms with Gasteiger partial charge >= 0.3 is 0 Å². The van der Waals surface area contributed by atoms with Crippen molar-refractivity contribution < 1.29 is 14.8 Å². The summed E-state index contributed by atoms with van der Waals surface area (Å²) in [6.45, 7) is 1.02. The SMILES string of the molecule is C[NH+]1CCCCC1C(=O)NN=Cc1c(O)ccc2ccccc12. The summed E-state index contributed by atoms with van der Waals surface area (Å²) in [7, 11) is 2.05. The number of likely N-dealkylation sites (N-methyl/N-ethyl adjacent to an activating group) is 1. The molecule has 1 amide bonds. The van der Waals surface area contributed by atoms with Crippen LogP contribution in [0.4, 0.5) is 0 Å². The molecule has 2 unspecified atom stereocenters. The first-order chi connectivity index (χ1) is 11.2. The number of rotatable bonds is 3. The molecule has 0 bridgehead atoms. The number of phenolic OH excluding ortho intramolecular Hbond substituents is 1. The van der Waals surface area contributed by atoms with Crippen molar-refractivity contribution in [2.45, 2.75) is 25.3 Å². The molecule has 1 aliphatic rings. The van der Waals surface area contributed by atoms with Gasteiger partial charge in [-0.15, -0.1) is 0 Å². The van der Waals surface area contributed by atoms with E-state index in [2.05, 4.69) is 10.5 Å². The predicted octanol–water partition coefficient (Wildman–Crippen LogP) is 1.06. The molecule has 3 N–H and O–H groups in total. The topological polar surface area (TPSA) is 66.1 Å². The van der Waals surface area contributed by atoms with Crippen molar-refractivity contribution in [3.8, 4) is 5.75 Å². The Balaban J connectivity index is 1.75. The molecule has 23 heavy (non-hydrogen) atoms. The molecule has 5 heteroatoms. The largest absolute Gasteiger partial charge is 0.507 e. The third-order valence-electron chi connectivity index (χ3n) is 4.54. The summed E-state index contributed by atoms with van der Waals surface area (Å²) in [6, 6.07) is 11.2. The number of nitrogens with zero attached hydrogens (tertiary/aromatic N) is 1. The van der Waals surface area contributed by atoms with Gasteiger partial charge in [0.2, 0.25) is 0 Å². The number of benzene rings is 2. The molecule has 0 aromatic heterocycles. The van der Waals surface area contributed by atoms with Gasteiger partial charge in [-0.25, -0.2) is 5.43 Å². The molecule has 0 aliphatic carbocycles. The molecule has 2 atom stereocenters. The number of nitrogens with one attached hydrogen (secondary N) is 2. The number of likely N-dealkylation sites (tertiary alicyclic amines) is 1. The van der Waals surface area contributed by atoms with Crippen LogP contribution in [0.25, 0.3) is 10.8 Å². The number of amides is 1. The van der Waals surface area contributed by atoms with Gasteiger partial charge in [-0.3, -0.25) is 4.79 Å². The van der Waals surface area contributed by atoms with E-state index in [1.54, 1.807) is 6.07 Å². The van der Waals surface area contributed by atoms with Crippen LogP contribution >= 0.6 is 0 Å². The second-order valence-electron chi connectivity index (χ2n) is 6.10. The summed E-state index contributed by atoms with van der Waals surface area (Å²) >= 11 is 0. The Kier molecular flexibility index (Phi) is 4.57. The highest BCUT2D eigenvalue weighted by atomic mass is 16.3. The first-order valence-electron chi connectivity index (χ1n) is 8.03. The van der Waals surface area contributed by atoms with Gasteiger partial charge in [0.25, 0.3) is 5.91 Å². The molecule has 3 rings (SSSR count). The number of hydrogen-bond donors (Lipinski definition) is 3. The van der Waals surface area contributed by atoms with Crippen molar-refractivity contribution in [3.63, 3.8) is 0 Å². The fraction of sp³-hybridized carbons (Fsp3) is 0.333. The van der Waals surface area contributed by atoms with Gasteiger partial charge in [-0.1, -0.05) is 30.3 Å². The second-order valence-corrected chi connectivity index (χ2v) is 6.10. The lowest BCUT2D eigenvalue weighted by Gasteiger charge is -2.27. The Labute approximate surface area is 135 Å². The van der Waals surface area contributed by atoms with Crippen molar-refractivity contribution >= 4 is 22.9 Å². The minimum Gasteiger partial charge on any atom is -0.507 e. The first-order valence-corrected chi connectivity index (χ1v) is 8.03. The number of phenols is 1. The summed E-state index contributed by atoms with van der Waals surface area (Å²) in [4.78, 5) is 13.5. The van der Waals surface area contributed by atoms with Gasteiger partial charge in [0.15, 0.2) is 6.04 Å². The normalized spacial score (nSPS) is 21.6. The molecule has 120 valence electrons. The van der Waals surface area contributed by atoms with E-state index in [4.69, 9.17) is 0 Å². The number of carbonyl (C=O) groups excluding carboxylic acids is 1. The van der Waals surface area contributed by atoms with E-state index in [0.717, 1.165) is 30.2 Å². The Hall–Kier alpha value is -2.40. The predicted molar refractivity (Wildman–Crippen MR) is 90.7 cm³/mol. The van der Waals surface area contributed by atoms with Gasteiger partial charge < -0.3 is 10.0 Å². The molecule has 0 saturated carbocycles. The Bertz CT molecular complexity index is 742. The van der Waals surface area contributed by atoms with Gasteiger partial charge in [0.1, 0.15) is 5.75 Å². The van der Waals surface area contributed by atoms with E-state index in [0.29, 0.717) is 5.56 Å². The quantitative estimate of drug-likeness (QED) is 0.586. The Morgan fingerprint density at radius 2 is 2.13 bits per heavy atom. The smallest absolute Gasteiger partial charge is 0.298 e. The van der Waals surface area contributed by atoms with E-state index in [9.17, 15) is 9.90 Å². The monoisotopic (exact) mass is 312 g/mol. The number of quaternary nitrogens is 1. The third kappa shape index (κ3) is 3.35. The zero-order valence-electron chi connectivity index (χ0n) is 13.2. The van der Waals surface area contributed by atoms with Crippen molar-refractivity contribution in [2.75, 3.05) is 13.6 Å². The maximum atomic E-state index is 12.2. The van der Waals surface area contributed by atoms with Crippen molar-refractivity contribution in [1.29, 1.82) is 0 Å². The molecule has 1 saturated heterocycles. The number of carbonyl (C=O) groups is 1. The Morgan fingerprint density at radius 1 is 1.30 bits per heavy atom. The van der Waals surface area contributed by atoms with E-state index in [1.807, 2.05) is 37.4 Å². The van der Waals surface area contributed by atoms with Crippen LogP contribution in [-0.4, -0.2) is 36.9 Å². The van der Waals surface area contributed by atoms with Crippen LogP contribution in [-0.2, 0) is 4.79 Å². The highest BCUT2D eigenvalue weighted by Gasteiger charge is 2.29. The zero-order valence-corrected chi connectivity index (χ0v) is 13.2. The van der Waals surface area contributed by atoms with Crippen LogP contribution in [0.1, 0.15) is 24.8 Å². The number of hydrazone groups is 1. The number of piperidine rings is 1. The number of fused-ring (bicyclic) bond motifs is 1. The zero-order chi connectivity index (χ0) is 16.2. The third-order valence-corrected chi connectivity index (χ3v) is 4.54. The van der Waals surface area contributed by atoms with Crippen molar-refractivity contribution in [3.05, 3.63) is 42.0 Å². The van der Waals surface area contributed by atoms with Crippen LogP contribution < -0.4 is 10.3 Å². The first kappa shape index (κ1) is 15.5. The lowest BCUT2D eigenvalue weighted by Crippen LogP contribution is -3.15. The summed E-state index contributed by atoms with van der Waals surface area (Å²) < 4.78 is 0. The summed E-state index contributed by atoms with van der Waals surface area (Å²) in [5, 5.41) is 16.1. The van der Waals surface area contributed by atoms with Crippen molar-refractivity contribution in [1.82, 2.24) is 5.43 Å². The molecular formula is C18H22N3O2+. The second kappa shape index (κ2) is 6.79. The highest BCUT2D eigenvalue weighted by Crippen LogP contribution is 2.25. The lowest BCUT2D eigenvalue weighted by molar-refractivity contribution is -0.901. The molecule has 1 aliphatic heterocycles. The summed E-state index contributed by atoms with van der Waals surface area (Å²) in [5.74, 6) is 0.0975. The van der Waals surface area contributed by atoms with E-state index in [-0.39, 0.29) is 17.7 Å². The summed E-state index contributed by atoms with van der Waals surface area (Å²) in [5.41, 5.74) is 3.24. The van der Waals surface area contributed by atoms with Gasteiger partial charge in [-0.05, 0) is 29.7 Å². The average Bonchev–Trinajstić information content (AvgIpc) is 2.57. The van der Waals surface area contributed by atoms with E-state index in [1.165, 1.54) is 17.5 Å².